The summed E-state index contributed by atoms with van der Waals surface area (Å²) in [6, 6.07) is 8.37. The van der Waals surface area contributed by atoms with Gasteiger partial charge in [0, 0.05) is 18.1 Å². The van der Waals surface area contributed by atoms with Gasteiger partial charge < -0.3 is 10.5 Å². The number of nitrogens with zero attached hydrogens (tertiary/aromatic N) is 3. The Hall–Kier alpha value is -2.90. The van der Waals surface area contributed by atoms with Gasteiger partial charge in [-0.05, 0) is 30.7 Å². The number of benzene rings is 2. The largest absolute Gasteiger partial charge is 0.595 e. The highest BCUT2D eigenvalue weighted by atomic mass is 35.5. The van der Waals surface area contributed by atoms with Crippen molar-refractivity contribution in [3.63, 3.8) is 0 Å². The van der Waals surface area contributed by atoms with Crippen molar-refractivity contribution in [2.24, 2.45) is 0 Å². The van der Waals surface area contributed by atoms with Gasteiger partial charge in [-0.1, -0.05) is 52.5 Å². The van der Waals surface area contributed by atoms with Gasteiger partial charge in [0.25, 0.3) is 0 Å². The molecule has 4 aromatic rings. The minimum Gasteiger partial charge on any atom is -0.595 e. The second-order valence-corrected chi connectivity index (χ2v) is 7.73. The van der Waals surface area contributed by atoms with Gasteiger partial charge in [-0.25, -0.2) is 13.8 Å². The molecule has 2 heterocycles. The Morgan fingerprint density at radius 2 is 1.74 bits per heavy atom. The second-order valence-electron chi connectivity index (χ2n) is 6.92. The summed E-state index contributed by atoms with van der Waals surface area (Å²) in [5.74, 6) is -1.42. The van der Waals surface area contributed by atoms with Gasteiger partial charge in [-0.2, -0.15) is 0 Å². The number of anilines is 2. The van der Waals surface area contributed by atoms with E-state index in [1.165, 1.54) is 10.6 Å². The fourth-order valence-corrected chi connectivity index (χ4v) is 4.16. The standard InChI is InChI=1S/C22H18Cl2F2N4O/c1-3-16-18(27-17-9-8-12(25)10-15(17)26)11-29-22(28-16)21(19(4-2)30(29)31)20-13(23)6-5-7-14(20)24/h5-11,27H,3-4H2,1-2H3. The molecule has 160 valence electrons. The molecule has 1 N–H and O–H groups in total. The molecule has 0 bridgehead atoms. The van der Waals surface area contributed by atoms with Crippen LogP contribution < -0.4 is 10.2 Å². The Balaban J connectivity index is 1.97. The first-order valence-corrected chi connectivity index (χ1v) is 10.4. The molecule has 0 aliphatic heterocycles. The lowest BCUT2D eigenvalue weighted by molar-refractivity contribution is -0.683. The van der Waals surface area contributed by atoms with Crippen LogP contribution in [0.5, 0.6) is 0 Å². The molecule has 0 atom stereocenters. The third kappa shape index (κ3) is 3.68. The lowest BCUT2D eigenvalue weighted by Crippen LogP contribution is -2.36. The van der Waals surface area contributed by atoms with Crippen LogP contribution in [0.2, 0.25) is 10.0 Å². The molecule has 31 heavy (non-hydrogen) atoms. The van der Waals surface area contributed by atoms with Crippen molar-refractivity contribution in [2.75, 3.05) is 5.32 Å². The predicted molar refractivity (Wildman–Crippen MR) is 118 cm³/mol. The molecular weight excluding hydrogens is 445 g/mol. The maximum atomic E-state index is 14.2. The lowest BCUT2D eigenvalue weighted by atomic mass is 10.0. The van der Waals surface area contributed by atoms with Crippen molar-refractivity contribution < 1.29 is 13.6 Å². The van der Waals surface area contributed by atoms with Gasteiger partial charge in [0.2, 0.25) is 11.3 Å². The maximum Gasteiger partial charge on any atom is 0.231 e. The zero-order valence-electron chi connectivity index (χ0n) is 16.7. The van der Waals surface area contributed by atoms with E-state index in [0.717, 1.165) is 17.0 Å². The number of hydrogen-bond acceptors (Lipinski definition) is 3. The van der Waals surface area contributed by atoms with Crippen molar-refractivity contribution in [3.05, 3.63) is 80.9 Å². The number of aryl methyl sites for hydroxylation is 1. The summed E-state index contributed by atoms with van der Waals surface area (Å²) in [6.45, 7) is 3.74. The van der Waals surface area contributed by atoms with E-state index < -0.39 is 11.6 Å². The molecule has 0 saturated heterocycles. The Morgan fingerprint density at radius 1 is 1.03 bits per heavy atom. The number of fused-ring (bicyclic) bond motifs is 1. The van der Waals surface area contributed by atoms with Crippen LogP contribution in [0.1, 0.15) is 25.2 Å². The van der Waals surface area contributed by atoms with Crippen molar-refractivity contribution in [1.29, 1.82) is 0 Å². The first-order chi connectivity index (χ1) is 14.8. The normalized spacial score (nSPS) is 11.3. The Labute approximate surface area is 187 Å². The highest BCUT2D eigenvalue weighted by molar-refractivity contribution is 6.39. The molecule has 0 amide bonds. The average molecular weight is 463 g/mol. The van der Waals surface area contributed by atoms with Crippen molar-refractivity contribution >= 4 is 40.2 Å². The van der Waals surface area contributed by atoms with Gasteiger partial charge in [-0.3, -0.25) is 0 Å². The third-order valence-electron chi connectivity index (χ3n) is 5.04. The zero-order valence-corrected chi connectivity index (χ0v) is 18.2. The first kappa shape index (κ1) is 21.3. The zero-order chi connectivity index (χ0) is 22.3. The monoisotopic (exact) mass is 462 g/mol. The molecule has 0 aliphatic carbocycles. The van der Waals surface area contributed by atoms with Crippen molar-refractivity contribution in [3.8, 4) is 11.1 Å². The molecule has 0 spiro atoms. The summed E-state index contributed by atoms with van der Waals surface area (Å²) in [6.07, 6.45) is 2.47. The summed E-state index contributed by atoms with van der Waals surface area (Å²) in [5, 5.41) is 16.8. The Morgan fingerprint density at radius 3 is 2.35 bits per heavy atom. The third-order valence-corrected chi connectivity index (χ3v) is 5.67. The topological polar surface area (TPSA) is 56.3 Å². The van der Waals surface area contributed by atoms with Gasteiger partial charge in [-0.15, -0.1) is 0 Å². The summed E-state index contributed by atoms with van der Waals surface area (Å²) < 4.78 is 28.8. The summed E-state index contributed by atoms with van der Waals surface area (Å²) in [7, 11) is 0. The van der Waals surface area contributed by atoms with Crippen molar-refractivity contribution in [1.82, 2.24) is 9.50 Å². The van der Waals surface area contributed by atoms with Crippen molar-refractivity contribution in [2.45, 2.75) is 26.7 Å². The van der Waals surface area contributed by atoms with Crippen LogP contribution in [-0.4, -0.2) is 9.50 Å². The number of aromatic nitrogens is 3. The molecule has 0 unspecified atom stereocenters. The Kier molecular flexibility index (Phi) is 5.73. The quantitative estimate of drug-likeness (QED) is 0.288. The minimum atomic E-state index is -0.748. The maximum absolute atomic E-state index is 14.2. The molecule has 9 heteroatoms. The fraction of sp³-hybridized carbons (Fsp3) is 0.182. The minimum absolute atomic E-state index is 0.0759. The lowest BCUT2D eigenvalue weighted by Gasteiger charge is -2.12. The van der Waals surface area contributed by atoms with Crippen LogP contribution in [0, 0.1) is 16.8 Å². The molecule has 5 nitrogen and oxygen atoms in total. The highest BCUT2D eigenvalue weighted by Gasteiger charge is 2.28. The van der Waals surface area contributed by atoms with Crippen LogP contribution >= 0.6 is 23.2 Å². The summed E-state index contributed by atoms with van der Waals surface area (Å²) in [4.78, 5) is 5.42. The van der Waals surface area contributed by atoms with Gasteiger partial charge in [0.05, 0.1) is 33.3 Å². The number of nitrogens with one attached hydrogen (secondary N) is 1. The second kappa shape index (κ2) is 8.32. The van der Waals surface area contributed by atoms with E-state index in [-0.39, 0.29) is 5.69 Å². The molecular formula is C22H18Cl2F2N4O. The van der Waals surface area contributed by atoms with E-state index in [2.05, 4.69) is 5.32 Å². The van der Waals surface area contributed by atoms with Crippen LogP contribution in [-0.2, 0) is 12.8 Å². The van der Waals surface area contributed by atoms with E-state index in [1.54, 1.807) is 24.4 Å². The van der Waals surface area contributed by atoms with E-state index in [1.807, 2.05) is 13.8 Å². The highest BCUT2D eigenvalue weighted by Crippen LogP contribution is 2.39. The molecule has 0 fully saturated rings. The van der Waals surface area contributed by atoms with E-state index >= 15 is 0 Å². The molecule has 2 aromatic carbocycles. The van der Waals surface area contributed by atoms with Crippen LogP contribution in [0.4, 0.5) is 20.2 Å². The van der Waals surface area contributed by atoms with Crippen LogP contribution in [0.15, 0.2) is 42.6 Å². The smallest absolute Gasteiger partial charge is 0.231 e. The summed E-state index contributed by atoms with van der Waals surface area (Å²) >= 11 is 12.9. The fourth-order valence-electron chi connectivity index (χ4n) is 3.58. The Bertz CT molecular complexity index is 1290. The first-order valence-electron chi connectivity index (χ1n) is 9.68. The van der Waals surface area contributed by atoms with Crippen LogP contribution in [0.3, 0.4) is 0 Å². The number of halogens is 4. The SMILES string of the molecule is CCc1nc2c(-c3c(Cl)cccc3Cl)c(CC)[n+]([O-])n2cc1Nc1ccc(F)cc1F. The van der Waals surface area contributed by atoms with E-state index in [4.69, 9.17) is 28.2 Å². The van der Waals surface area contributed by atoms with Crippen LogP contribution in [0.25, 0.3) is 16.8 Å². The molecule has 4 rings (SSSR count). The number of hydrogen-bond donors (Lipinski definition) is 1. The van der Waals surface area contributed by atoms with E-state index in [9.17, 15) is 14.0 Å². The van der Waals surface area contributed by atoms with Gasteiger partial charge in [0.15, 0.2) is 0 Å². The average Bonchev–Trinajstić information content (AvgIpc) is 3.00. The molecule has 0 aliphatic rings. The predicted octanol–water partition coefficient (Wildman–Crippen LogP) is 6.09. The van der Waals surface area contributed by atoms with Gasteiger partial charge in [0.1, 0.15) is 17.2 Å². The molecule has 2 aromatic heterocycles. The molecule has 0 saturated carbocycles. The molecule has 0 radical (unpaired) electrons. The summed E-state index contributed by atoms with van der Waals surface area (Å²) in [5.41, 5.74) is 3.04. The number of rotatable bonds is 5. The van der Waals surface area contributed by atoms with Gasteiger partial charge >= 0.3 is 0 Å². The van der Waals surface area contributed by atoms with E-state index in [0.29, 0.717) is 56.7 Å².